The van der Waals surface area contributed by atoms with Gasteiger partial charge in [0.05, 0.1) is 33.5 Å². The summed E-state index contributed by atoms with van der Waals surface area (Å²) >= 11 is 0. The van der Waals surface area contributed by atoms with Gasteiger partial charge in [0.15, 0.2) is 23.6 Å². The molecule has 0 saturated carbocycles. The zero-order valence-corrected chi connectivity index (χ0v) is 22.5. The number of phenols is 2. The predicted molar refractivity (Wildman–Crippen MR) is 141 cm³/mol. The third kappa shape index (κ3) is 7.26. The summed E-state index contributed by atoms with van der Waals surface area (Å²) in [4.78, 5) is 12.9. The van der Waals surface area contributed by atoms with Gasteiger partial charge in [0.2, 0.25) is 6.29 Å². The zero-order valence-electron chi connectivity index (χ0n) is 22.5. The molecule has 0 amide bonds. The molecule has 41 heavy (non-hydrogen) atoms. The van der Waals surface area contributed by atoms with Crippen LogP contribution < -0.4 is 14.2 Å². The Balaban J connectivity index is 1.45. The maximum atomic E-state index is 12.9. The van der Waals surface area contributed by atoms with E-state index in [9.17, 15) is 35.4 Å². The minimum absolute atomic E-state index is 0.0466. The lowest BCUT2D eigenvalue weighted by Gasteiger charge is -2.40. The Morgan fingerprint density at radius 2 is 1.71 bits per heavy atom. The molecule has 224 valence electrons. The molecule has 2 heterocycles. The number of hydrogen-bond acceptors (Lipinski definition) is 13. The van der Waals surface area contributed by atoms with E-state index in [1.165, 1.54) is 44.6 Å². The molecule has 6 N–H and O–H groups in total. The highest BCUT2D eigenvalue weighted by Gasteiger charge is 2.45. The summed E-state index contributed by atoms with van der Waals surface area (Å²) in [6.45, 7) is -0.0948. The summed E-state index contributed by atoms with van der Waals surface area (Å²) in [6, 6.07) is 6.97. The number of ketones is 1. The molecule has 0 spiro atoms. The first-order valence-electron chi connectivity index (χ1n) is 12.9. The van der Waals surface area contributed by atoms with Gasteiger partial charge in [0, 0.05) is 18.6 Å². The Kier molecular flexibility index (Phi) is 10.0. The summed E-state index contributed by atoms with van der Waals surface area (Å²) in [5.41, 5.74) is 0.337. The number of allylic oxidation sites excluding steroid dienone is 1. The Bertz CT molecular complexity index is 1220. The van der Waals surface area contributed by atoms with Gasteiger partial charge < -0.3 is 59.1 Å². The fraction of sp³-hybridized carbons (Fsp3) is 0.464. The number of carbonyl (C=O) groups is 1. The summed E-state index contributed by atoms with van der Waals surface area (Å²) in [5, 5.41) is 61.4. The van der Waals surface area contributed by atoms with Crippen molar-refractivity contribution in [2.75, 3.05) is 27.4 Å². The van der Waals surface area contributed by atoms with E-state index >= 15 is 0 Å². The largest absolute Gasteiger partial charge is 0.507 e. The van der Waals surface area contributed by atoms with Crippen LogP contribution in [0.5, 0.6) is 28.7 Å². The molecular formula is C28H34O13. The molecular weight excluding hydrogens is 544 g/mol. The number of carbonyl (C=O) groups excluding carboxylic acids is 1. The number of rotatable bonds is 10. The van der Waals surface area contributed by atoms with Crippen molar-refractivity contribution in [1.29, 1.82) is 0 Å². The lowest BCUT2D eigenvalue weighted by Crippen LogP contribution is -2.60. The molecule has 4 rings (SSSR count). The van der Waals surface area contributed by atoms with E-state index in [2.05, 4.69) is 0 Å². The molecule has 2 saturated heterocycles. The minimum atomic E-state index is -1.67. The van der Waals surface area contributed by atoms with Crippen LogP contribution in [0.15, 0.2) is 36.4 Å². The Morgan fingerprint density at radius 3 is 2.37 bits per heavy atom. The topological polar surface area (TPSA) is 194 Å². The maximum Gasteiger partial charge on any atom is 0.229 e. The van der Waals surface area contributed by atoms with Gasteiger partial charge in [-0.1, -0.05) is 12.1 Å². The number of aromatic hydroxyl groups is 2. The average molecular weight is 579 g/mol. The number of ether oxygens (including phenoxy) is 6. The Morgan fingerprint density at radius 1 is 0.951 bits per heavy atom. The molecule has 2 aromatic rings. The SMILES string of the molecule is COc1ccc(/C=C/C(=O)c2c(O)cc(O[C@H]3OC(CO[C@H]4CC[C@@H](O)CO4)[C@H](O)[C@@H](O)[C@@H]3O)cc2OC)cc1O. The van der Waals surface area contributed by atoms with Crippen LogP contribution in [0.3, 0.4) is 0 Å². The second kappa shape index (κ2) is 13.5. The summed E-state index contributed by atoms with van der Waals surface area (Å²) in [6.07, 6.45) is -5.07. The van der Waals surface area contributed by atoms with Crippen LogP contribution in [0.25, 0.3) is 6.08 Å². The molecule has 2 fully saturated rings. The molecule has 13 nitrogen and oxygen atoms in total. The average Bonchev–Trinajstić information content (AvgIpc) is 2.96. The van der Waals surface area contributed by atoms with E-state index in [1.807, 2.05) is 0 Å². The lowest BCUT2D eigenvalue weighted by atomic mass is 9.99. The molecule has 13 heteroatoms. The molecule has 0 aliphatic carbocycles. The standard InChI is InChI=1S/C28H34O13/c1-36-20-7-4-14(9-18(20)31)3-6-17(30)24-19(32)10-16(11-21(24)37-2)40-28-27(35)26(34)25(33)22(41-28)13-39-23-8-5-15(29)12-38-23/h3-4,6-7,9-11,15,22-23,25-29,31-35H,5,8,12-13H2,1-2H3/b6-3+/t15-,22?,23+,25+,26-,27+,28+/m1/s1. The summed E-state index contributed by atoms with van der Waals surface area (Å²) in [5.74, 6) is -1.04. The van der Waals surface area contributed by atoms with E-state index < -0.39 is 54.6 Å². The van der Waals surface area contributed by atoms with Crippen molar-refractivity contribution >= 4 is 11.9 Å². The molecule has 0 radical (unpaired) electrons. The monoisotopic (exact) mass is 578 g/mol. The molecule has 0 aromatic heterocycles. The van der Waals surface area contributed by atoms with E-state index in [1.54, 1.807) is 6.07 Å². The summed E-state index contributed by atoms with van der Waals surface area (Å²) in [7, 11) is 2.70. The van der Waals surface area contributed by atoms with E-state index in [0.717, 1.165) is 6.07 Å². The van der Waals surface area contributed by atoms with E-state index in [-0.39, 0.29) is 41.8 Å². The number of hydrogen-bond donors (Lipinski definition) is 6. The molecule has 2 aliphatic heterocycles. The zero-order chi connectivity index (χ0) is 29.7. The number of methoxy groups -OCH3 is 2. The summed E-state index contributed by atoms with van der Waals surface area (Å²) < 4.78 is 32.6. The van der Waals surface area contributed by atoms with Gasteiger partial charge in [-0.3, -0.25) is 4.79 Å². The van der Waals surface area contributed by atoms with Crippen molar-refractivity contribution in [3.63, 3.8) is 0 Å². The van der Waals surface area contributed by atoms with Crippen LogP contribution in [0.2, 0.25) is 0 Å². The highest BCUT2D eigenvalue weighted by atomic mass is 16.7. The van der Waals surface area contributed by atoms with Gasteiger partial charge in [0.1, 0.15) is 47.2 Å². The normalized spacial score (nSPS) is 28.4. The van der Waals surface area contributed by atoms with Crippen molar-refractivity contribution in [2.45, 2.75) is 55.9 Å². The maximum absolute atomic E-state index is 12.9. The van der Waals surface area contributed by atoms with Crippen LogP contribution >= 0.6 is 0 Å². The van der Waals surface area contributed by atoms with Crippen LogP contribution in [0, 0.1) is 0 Å². The number of aliphatic hydroxyl groups is 4. The van der Waals surface area contributed by atoms with Crippen LogP contribution in [-0.2, 0) is 14.2 Å². The molecule has 1 unspecified atom stereocenters. The highest BCUT2D eigenvalue weighted by Crippen LogP contribution is 2.36. The minimum Gasteiger partial charge on any atom is -0.507 e. The lowest BCUT2D eigenvalue weighted by molar-refractivity contribution is -0.291. The van der Waals surface area contributed by atoms with Gasteiger partial charge >= 0.3 is 0 Å². The first-order valence-corrected chi connectivity index (χ1v) is 12.9. The molecule has 0 bridgehead atoms. The van der Waals surface area contributed by atoms with Crippen LogP contribution in [-0.4, -0.2) is 107 Å². The molecule has 2 aromatic carbocycles. The first kappa shape index (κ1) is 30.5. The van der Waals surface area contributed by atoms with Crippen molar-refractivity contribution < 1.29 is 63.9 Å². The van der Waals surface area contributed by atoms with E-state index in [0.29, 0.717) is 18.4 Å². The van der Waals surface area contributed by atoms with Gasteiger partial charge in [-0.15, -0.1) is 0 Å². The molecule has 7 atom stereocenters. The van der Waals surface area contributed by atoms with Gasteiger partial charge in [-0.05, 0) is 30.2 Å². The predicted octanol–water partition coefficient (Wildman–Crippen LogP) is 0.711. The number of phenolic OH excluding ortho intramolecular Hbond substituents is 2. The number of aliphatic hydroxyl groups excluding tert-OH is 4. The number of benzene rings is 2. The van der Waals surface area contributed by atoms with Gasteiger partial charge in [-0.25, -0.2) is 0 Å². The fourth-order valence-electron chi connectivity index (χ4n) is 4.45. The Labute approximate surface area is 235 Å². The van der Waals surface area contributed by atoms with Crippen molar-refractivity contribution in [1.82, 2.24) is 0 Å². The molecule has 2 aliphatic rings. The van der Waals surface area contributed by atoms with Crippen LogP contribution in [0.4, 0.5) is 0 Å². The van der Waals surface area contributed by atoms with Crippen molar-refractivity contribution in [2.24, 2.45) is 0 Å². The third-order valence-electron chi connectivity index (χ3n) is 6.73. The first-order chi connectivity index (χ1) is 19.6. The van der Waals surface area contributed by atoms with E-state index in [4.69, 9.17) is 28.4 Å². The van der Waals surface area contributed by atoms with Crippen LogP contribution in [0.1, 0.15) is 28.8 Å². The van der Waals surface area contributed by atoms with Gasteiger partial charge in [0.25, 0.3) is 0 Å². The van der Waals surface area contributed by atoms with Crippen molar-refractivity contribution in [3.05, 3.63) is 47.5 Å². The second-order valence-corrected chi connectivity index (χ2v) is 9.61. The van der Waals surface area contributed by atoms with Gasteiger partial charge in [-0.2, -0.15) is 0 Å². The second-order valence-electron chi connectivity index (χ2n) is 9.61. The third-order valence-corrected chi connectivity index (χ3v) is 6.73. The Hall–Kier alpha value is -3.43. The van der Waals surface area contributed by atoms with Crippen molar-refractivity contribution in [3.8, 4) is 28.7 Å². The highest BCUT2D eigenvalue weighted by molar-refractivity contribution is 6.10. The quantitative estimate of drug-likeness (QED) is 0.171. The smallest absolute Gasteiger partial charge is 0.229 e. The fourth-order valence-corrected chi connectivity index (χ4v) is 4.45.